The number of nitrogens with one attached hydrogen (secondary N) is 1. The topological polar surface area (TPSA) is 175 Å². The molecular weight excluding hydrogens is 603 g/mol. The van der Waals surface area contributed by atoms with E-state index in [1.165, 1.54) is 0 Å². The van der Waals surface area contributed by atoms with Crippen molar-refractivity contribution in [2.45, 2.75) is 51.2 Å². The number of anilines is 1. The van der Waals surface area contributed by atoms with Gasteiger partial charge in [-0.05, 0) is 25.7 Å². The maximum Gasteiger partial charge on any atom is 0.409 e. The zero-order valence-corrected chi connectivity index (χ0v) is 26.7. The van der Waals surface area contributed by atoms with Gasteiger partial charge in [0.25, 0.3) is 5.91 Å². The molecule has 14 nitrogen and oxygen atoms in total. The van der Waals surface area contributed by atoms with Gasteiger partial charge in [-0.25, -0.2) is 14.8 Å². The van der Waals surface area contributed by atoms with Gasteiger partial charge in [-0.15, -0.1) is 0 Å². The SMILES string of the molecule is CCCCOC(=O)N1CCN(C(=O)[C@H](CCCP(=O)(O)O)NC(=O)c2cc(N3CC[C@H](OC)C3)nc(-c3ccccc3)n2)CC1. The van der Waals surface area contributed by atoms with Crippen molar-refractivity contribution in [3.05, 3.63) is 42.1 Å². The Bertz CT molecular complexity index is 1350. The summed E-state index contributed by atoms with van der Waals surface area (Å²) in [5, 5.41) is 2.78. The lowest BCUT2D eigenvalue weighted by atomic mass is 10.1. The summed E-state index contributed by atoms with van der Waals surface area (Å²) in [7, 11) is -2.65. The number of carbonyl (C=O) groups excluding carboxylic acids is 3. The van der Waals surface area contributed by atoms with Crippen molar-refractivity contribution in [3.8, 4) is 11.4 Å². The second-order valence-corrected chi connectivity index (χ2v) is 13.0. The monoisotopic (exact) mass is 646 g/mol. The minimum atomic E-state index is -4.31. The largest absolute Gasteiger partial charge is 0.449 e. The molecule has 2 saturated heterocycles. The average Bonchev–Trinajstić information content (AvgIpc) is 3.53. The van der Waals surface area contributed by atoms with Crippen molar-refractivity contribution in [1.82, 2.24) is 25.1 Å². The molecule has 2 fully saturated rings. The minimum Gasteiger partial charge on any atom is -0.449 e. The summed E-state index contributed by atoms with van der Waals surface area (Å²) in [6, 6.07) is 9.78. The van der Waals surface area contributed by atoms with Gasteiger partial charge in [0.05, 0.1) is 12.7 Å². The Morgan fingerprint density at radius 1 is 1.04 bits per heavy atom. The van der Waals surface area contributed by atoms with Gasteiger partial charge in [-0.2, -0.15) is 0 Å². The molecule has 0 radical (unpaired) electrons. The molecule has 0 unspecified atom stereocenters. The molecule has 246 valence electrons. The Kier molecular flexibility index (Phi) is 12.3. The zero-order chi connectivity index (χ0) is 32.4. The van der Waals surface area contributed by atoms with E-state index in [0.717, 1.165) is 24.8 Å². The third-order valence-electron chi connectivity index (χ3n) is 7.90. The van der Waals surface area contributed by atoms with Crippen LogP contribution in [0.15, 0.2) is 36.4 Å². The summed E-state index contributed by atoms with van der Waals surface area (Å²) in [5.74, 6) is -0.0931. The number of amides is 3. The number of benzene rings is 1. The van der Waals surface area contributed by atoms with Crippen molar-refractivity contribution in [2.24, 2.45) is 0 Å². The predicted octanol–water partition coefficient (Wildman–Crippen LogP) is 2.51. The number of unbranched alkanes of at least 4 members (excludes halogenated alkanes) is 1. The molecular formula is C30H43N6O8P. The Hall–Kier alpha value is -3.58. The average molecular weight is 647 g/mol. The van der Waals surface area contributed by atoms with Gasteiger partial charge in [0.2, 0.25) is 5.91 Å². The van der Waals surface area contributed by atoms with Gasteiger partial charge >= 0.3 is 13.7 Å². The zero-order valence-electron chi connectivity index (χ0n) is 25.8. The molecule has 3 heterocycles. The molecule has 2 aliphatic heterocycles. The molecule has 1 aromatic heterocycles. The normalized spacial score (nSPS) is 17.7. The number of aromatic nitrogens is 2. The van der Waals surface area contributed by atoms with Crippen LogP contribution in [0.1, 0.15) is 49.5 Å². The van der Waals surface area contributed by atoms with Crippen LogP contribution >= 0.6 is 7.60 Å². The van der Waals surface area contributed by atoms with E-state index in [-0.39, 0.29) is 50.8 Å². The summed E-state index contributed by atoms with van der Waals surface area (Å²) in [5.41, 5.74) is 0.781. The molecule has 45 heavy (non-hydrogen) atoms. The molecule has 2 aromatic rings. The first kappa shape index (κ1) is 34.3. The van der Waals surface area contributed by atoms with Crippen molar-refractivity contribution in [1.29, 1.82) is 0 Å². The fourth-order valence-electron chi connectivity index (χ4n) is 5.27. The summed E-state index contributed by atoms with van der Waals surface area (Å²) < 4.78 is 22.3. The Labute approximate surface area is 263 Å². The maximum atomic E-state index is 13.7. The molecule has 3 amide bonds. The Balaban J connectivity index is 1.52. The van der Waals surface area contributed by atoms with Crippen LogP contribution in [0.5, 0.6) is 0 Å². The lowest BCUT2D eigenvalue weighted by Gasteiger charge is -2.36. The molecule has 3 N–H and O–H groups in total. The number of methoxy groups -OCH3 is 1. The maximum absolute atomic E-state index is 13.7. The second-order valence-electron chi connectivity index (χ2n) is 11.2. The third kappa shape index (κ3) is 9.95. The van der Waals surface area contributed by atoms with E-state index in [1.54, 1.807) is 23.0 Å². The standard InChI is InChI=1S/C30H43N6O8P/c1-3-4-18-44-30(39)35-16-14-34(15-17-35)29(38)24(11-8-19-45(40,41)42)32-28(37)25-20-26(36-13-12-23(21-36)43-2)33-27(31-25)22-9-6-5-7-10-22/h5-7,9-10,20,23-24H,3-4,8,11-19,21H2,1-2H3,(H,32,37)(H2,40,41,42)/t23-,24-/m0/s1. The number of ether oxygens (including phenoxy) is 2. The summed E-state index contributed by atoms with van der Waals surface area (Å²) >= 11 is 0. The van der Waals surface area contributed by atoms with E-state index in [2.05, 4.69) is 10.3 Å². The fourth-order valence-corrected chi connectivity index (χ4v) is 5.87. The van der Waals surface area contributed by atoms with Gasteiger partial charge in [0, 0.05) is 64.2 Å². The van der Waals surface area contributed by atoms with E-state index in [0.29, 0.717) is 31.3 Å². The highest BCUT2D eigenvalue weighted by Gasteiger charge is 2.32. The number of hydrogen-bond acceptors (Lipinski definition) is 9. The van der Waals surface area contributed by atoms with Gasteiger partial charge in [-0.3, -0.25) is 14.2 Å². The van der Waals surface area contributed by atoms with Crippen molar-refractivity contribution < 1.29 is 38.2 Å². The van der Waals surface area contributed by atoms with E-state index in [1.807, 2.05) is 42.2 Å². The quantitative estimate of drug-likeness (QED) is 0.215. The molecule has 2 atom stereocenters. The first-order chi connectivity index (χ1) is 21.6. The summed E-state index contributed by atoms with van der Waals surface area (Å²) in [4.78, 5) is 72.9. The van der Waals surface area contributed by atoms with E-state index in [9.17, 15) is 28.7 Å². The highest BCUT2D eigenvalue weighted by atomic mass is 31.2. The number of carbonyl (C=O) groups is 3. The van der Waals surface area contributed by atoms with Gasteiger partial charge in [0.15, 0.2) is 5.82 Å². The van der Waals surface area contributed by atoms with Crippen LogP contribution in [0.2, 0.25) is 0 Å². The first-order valence-corrected chi connectivity index (χ1v) is 17.2. The Morgan fingerprint density at radius 3 is 2.40 bits per heavy atom. The predicted molar refractivity (Wildman–Crippen MR) is 167 cm³/mol. The molecule has 0 saturated carbocycles. The van der Waals surface area contributed by atoms with Crippen LogP contribution in [0.3, 0.4) is 0 Å². The van der Waals surface area contributed by atoms with Crippen molar-refractivity contribution in [2.75, 3.05) is 64.0 Å². The van der Waals surface area contributed by atoms with Gasteiger partial charge < -0.3 is 39.3 Å². The van der Waals surface area contributed by atoms with Gasteiger partial charge in [0.1, 0.15) is 17.6 Å². The minimum absolute atomic E-state index is 0.0140. The number of piperazine rings is 1. The van der Waals surface area contributed by atoms with E-state index < -0.39 is 37.7 Å². The Morgan fingerprint density at radius 2 is 1.76 bits per heavy atom. The number of rotatable bonds is 13. The van der Waals surface area contributed by atoms with Crippen LogP contribution in [0.25, 0.3) is 11.4 Å². The molecule has 1 aromatic carbocycles. The molecule has 0 aliphatic carbocycles. The van der Waals surface area contributed by atoms with Crippen LogP contribution < -0.4 is 10.2 Å². The second kappa shape index (κ2) is 16.1. The van der Waals surface area contributed by atoms with Crippen LogP contribution in [0, 0.1) is 0 Å². The summed E-state index contributed by atoms with van der Waals surface area (Å²) in [6.07, 6.45) is 1.70. The number of nitrogens with zero attached hydrogens (tertiary/aromatic N) is 5. The lowest BCUT2D eigenvalue weighted by Crippen LogP contribution is -2.56. The summed E-state index contributed by atoms with van der Waals surface area (Å²) in [6.45, 7) is 4.64. The smallest absolute Gasteiger partial charge is 0.409 e. The third-order valence-corrected chi connectivity index (χ3v) is 8.80. The van der Waals surface area contributed by atoms with Gasteiger partial charge in [-0.1, -0.05) is 43.7 Å². The molecule has 2 aliphatic rings. The van der Waals surface area contributed by atoms with Crippen molar-refractivity contribution in [3.63, 3.8) is 0 Å². The van der Waals surface area contributed by atoms with Crippen molar-refractivity contribution >= 4 is 31.3 Å². The number of hydrogen-bond donors (Lipinski definition) is 3. The van der Waals surface area contributed by atoms with E-state index in [4.69, 9.17) is 14.5 Å². The molecule has 15 heteroatoms. The van der Waals surface area contributed by atoms with E-state index >= 15 is 0 Å². The molecule has 0 spiro atoms. The van der Waals surface area contributed by atoms with Crippen LogP contribution in [-0.4, -0.2) is 119 Å². The highest BCUT2D eigenvalue weighted by molar-refractivity contribution is 7.51. The molecule has 4 rings (SSSR count). The van der Waals surface area contributed by atoms with Crippen LogP contribution in [-0.2, 0) is 18.8 Å². The first-order valence-electron chi connectivity index (χ1n) is 15.4. The highest BCUT2D eigenvalue weighted by Crippen LogP contribution is 2.35. The fraction of sp³-hybridized carbons (Fsp3) is 0.567. The lowest BCUT2D eigenvalue weighted by molar-refractivity contribution is -0.135. The molecule has 0 bridgehead atoms. The van der Waals surface area contributed by atoms with Crippen LogP contribution in [0.4, 0.5) is 10.6 Å².